The van der Waals surface area contributed by atoms with Crippen LogP contribution in [0.3, 0.4) is 0 Å². The van der Waals surface area contributed by atoms with Gasteiger partial charge in [-0.15, -0.1) is 0 Å². The summed E-state index contributed by atoms with van der Waals surface area (Å²) < 4.78 is 0. The Hall–Kier alpha value is -1.36. The molecule has 1 fully saturated rings. The summed E-state index contributed by atoms with van der Waals surface area (Å²) in [5.41, 5.74) is 1.11. The van der Waals surface area contributed by atoms with Crippen molar-refractivity contribution in [2.45, 2.75) is 52.6 Å². The highest BCUT2D eigenvalue weighted by Crippen LogP contribution is 2.24. The number of nitrogens with zero attached hydrogens (tertiary/aromatic N) is 3. The third kappa shape index (κ3) is 3.39. The van der Waals surface area contributed by atoms with Gasteiger partial charge >= 0.3 is 0 Å². The van der Waals surface area contributed by atoms with E-state index in [1.54, 1.807) is 0 Å². The molecule has 2 rings (SSSR count). The van der Waals surface area contributed by atoms with Crippen molar-refractivity contribution in [3.05, 3.63) is 11.4 Å². The van der Waals surface area contributed by atoms with Gasteiger partial charge in [0.25, 0.3) is 0 Å². The lowest BCUT2D eigenvalue weighted by molar-refractivity contribution is 0.190. The van der Waals surface area contributed by atoms with Gasteiger partial charge in [-0.1, -0.05) is 0 Å². The van der Waals surface area contributed by atoms with E-state index in [0.717, 1.165) is 42.5 Å². The topological polar surface area (TPSA) is 53.1 Å². The molecule has 0 amide bonds. The number of hydrogen-bond acceptors (Lipinski definition) is 5. The monoisotopic (exact) mass is 277 g/mol. The van der Waals surface area contributed by atoms with Crippen molar-refractivity contribution in [2.24, 2.45) is 0 Å². The smallest absolute Gasteiger partial charge is 0.134 e. The van der Waals surface area contributed by atoms with Crippen molar-refractivity contribution in [2.75, 3.05) is 30.8 Å². The number of likely N-dealkylation sites (tertiary alicyclic amines) is 1. The fourth-order valence-corrected chi connectivity index (χ4v) is 2.72. The Kier molecular flexibility index (Phi) is 4.81. The minimum Gasteiger partial charge on any atom is -0.370 e. The van der Waals surface area contributed by atoms with Crippen LogP contribution in [0.1, 0.15) is 38.1 Å². The lowest BCUT2D eigenvalue weighted by Crippen LogP contribution is -2.42. The Morgan fingerprint density at radius 2 is 1.95 bits per heavy atom. The molecule has 5 nitrogen and oxygen atoms in total. The fraction of sp³-hybridized carbons (Fsp3) is 0.733. The Balaban J connectivity index is 2.13. The van der Waals surface area contributed by atoms with E-state index in [1.807, 2.05) is 6.92 Å². The van der Waals surface area contributed by atoms with Crippen LogP contribution in [0.25, 0.3) is 0 Å². The molecule has 1 aromatic rings. The minimum atomic E-state index is 0.503. The van der Waals surface area contributed by atoms with Crippen molar-refractivity contribution in [3.63, 3.8) is 0 Å². The van der Waals surface area contributed by atoms with Crippen LogP contribution in [-0.2, 0) is 0 Å². The first kappa shape index (κ1) is 15.0. The molecular formula is C15H27N5. The normalized spacial score (nSPS) is 23.6. The molecule has 20 heavy (non-hydrogen) atoms. The maximum atomic E-state index is 4.58. The third-order valence-electron chi connectivity index (χ3n) is 4.15. The number of aryl methyl sites for hydroxylation is 1. The summed E-state index contributed by atoms with van der Waals surface area (Å²) in [7, 11) is 2.20. The molecule has 0 spiro atoms. The van der Waals surface area contributed by atoms with Crippen LogP contribution in [0.4, 0.5) is 11.6 Å². The van der Waals surface area contributed by atoms with Gasteiger partial charge in [0.2, 0.25) is 0 Å². The summed E-state index contributed by atoms with van der Waals surface area (Å²) in [6, 6.07) is 1.13. The van der Waals surface area contributed by atoms with E-state index in [4.69, 9.17) is 0 Å². The van der Waals surface area contributed by atoms with Gasteiger partial charge in [0.15, 0.2) is 0 Å². The summed E-state index contributed by atoms with van der Waals surface area (Å²) in [4.78, 5) is 11.5. The van der Waals surface area contributed by atoms with Crippen LogP contribution in [0.2, 0.25) is 0 Å². The van der Waals surface area contributed by atoms with Crippen LogP contribution < -0.4 is 10.6 Å². The molecule has 2 heterocycles. The standard InChI is InChI=1S/C15H27N5/c1-6-16-14-11(3)15(18-12(4)17-14)19-13-7-8-20(5)10(2)9-13/h10,13H,6-9H2,1-5H3,(H2,16,17,18,19). The highest BCUT2D eigenvalue weighted by molar-refractivity contribution is 5.57. The summed E-state index contributed by atoms with van der Waals surface area (Å²) in [5.74, 6) is 2.74. The number of rotatable bonds is 4. The van der Waals surface area contributed by atoms with Crippen molar-refractivity contribution in [1.29, 1.82) is 0 Å². The van der Waals surface area contributed by atoms with Gasteiger partial charge in [-0.25, -0.2) is 9.97 Å². The zero-order valence-corrected chi connectivity index (χ0v) is 13.3. The quantitative estimate of drug-likeness (QED) is 0.885. The molecule has 2 unspecified atom stereocenters. The molecule has 0 radical (unpaired) electrons. The average Bonchev–Trinajstić information content (AvgIpc) is 2.39. The second-order valence-electron chi connectivity index (χ2n) is 5.82. The molecule has 1 aliphatic rings. The van der Waals surface area contributed by atoms with Gasteiger partial charge in [0.1, 0.15) is 17.5 Å². The molecule has 0 saturated carbocycles. The van der Waals surface area contributed by atoms with Crippen molar-refractivity contribution >= 4 is 11.6 Å². The first-order chi connectivity index (χ1) is 9.51. The predicted octanol–water partition coefficient (Wildman–Crippen LogP) is 2.42. The first-order valence-electron chi connectivity index (χ1n) is 7.57. The van der Waals surface area contributed by atoms with Gasteiger partial charge < -0.3 is 15.5 Å². The third-order valence-corrected chi connectivity index (χ3v) is 4.15. The predicted molar refractivity (Wildman–Crippen MR) is 84.4 cm³/mol. The fourth-order valence-electron chi connectivity index (χ4n) is 2.72. The van der Waals surface area contributed by atoms with E-state index in [-0.39, 0.29) is 0 Å². The Morgan fingerprint density at radius 1 is 1.25 bits per heavy atom. The summed E-state index contributed by atoms with van der Waals surface area (Å²) in [6.07, 6.45) is 2.33. The highest BCUT2D eigenvalue weighted by atomic mass is 15.2. The van der Waals surface area contributed by atoms with Crippen LogP contribution >= 0.6 is 0 Å². The van der Waals surface area contributed by atoms with E-state index in [0.29, 0.717) is 12.1 Å². The molecule has 0 bridgehead atoms. The molecule has 0 aromatic carbocycles. The molecule has 1 aliphatic heterocycles. The molecule has 2 atom stereocenters. The average molecular weight is 277 g/mol. The number of anilines is 2. The van der Waals surface area contributed by atoms with Gasteiger partial charge in [-0.3, -0.25) is 0 Å². The Morgan fingerprint density at radius 3 is 2.60 bits per heavy atom. The maximum absolute atomic E-state index is 4.58. The SMILES string of the molecule is CCNc1nc(C)nc(NC2CCN(C)C(C)C2)c1C. The Labute approximate surface area is 122 Å². The number of hydrogen-bond donors (Lipinski definition) is 2. The molecule has 0 aliphatic carbocycles. The number of aromatic nitrogens is 2. The van der Waals surface area contributed by atoms with Crippen LogP contribution in [0.5, 0.6) is 0 Å². The summed E-state index contributed by atoms with van der Waals surface area (Å²) in [5, 5.41) is 6.93. The molecule has 1 saturated heterocycles. The van der Waals surface area contributed by atoms with E-state index in [2.05, 4.69) is 53.3 Å². The van der Waals surface area contributed by atoms with Gasteiger partial charge in [-0.05, 0) is 47.6 Å². The van der Waals surface area contributed by atoms with E-state index in [9.17, 15) is 0 Å². The maximum Gasteiger partial charge on any atom is 0.134 e. The zero-order chi connectivity index (χ0) is 14.7. The lowest BCUT2D eigenvalue weighted by atomic mass is 9.99. The van der Waals surface area contributed by atoms with Crippen LogP contribution in [0, 0.1) is 13.8 Å². The first-order valence-corrected chi connectivity index (χ1v) is 7.57. The minimum absolute atomic E-state index is 0.503. The van der Waals surface area contributed by atoms with Crippen molar-refractivity contribution < 1.29 is 0 Å². The summed E-state index contributed by atoms with van der Waals surface area (Å²) in [6.45, 7) is 10.4. The summed E-state index contributed by atoms with van der Waals surface area (Å²) >= 11 is 0. The van der Waals surface area contributed by atoms with Gasteiger partial charge in [0.05, 0.1) is 0 Å². The van der Waals surface area contributed by atoms with Crippen molar-refractivity contribution in [3.8, 4) is 0 Å². The van der Waals surface area contributed by atoms with Gasteiger partial charge in [0, 0.05) is 30.7 Å². The number of piperidine rings is 1. The lowest BCUT2D eigenvalue weighted by Gasteiger charge is -2.35. The van der Waals surface area contributed by atoms with Crippen LogP contribution in [0.15, 0.2) is 0 Å². The van der Waals surface area contributed by atoms with E-state index >= 15 is 0 Å². The largest absolute Gasteiger partial charge is 0.370 e. The second kappa shape index (κ2) is 6.39. The zero-order valence-electron chi connectivity index (χ0n) is 13.3. The van der Waals surface area contributed by atoms with Crippen molar-refractivity contribution in [1.82, 2.24) is 14.9 Å². The highest BCUT2D eigenvalue weighted by Gasteiger charge is 2.23. The molecular weight excluding hydrogens is 250 g/mol. The van der Waals surface area contributed by atoms with Gasteiger partial charge in [-0.2, -0.15) is 0 Å². The molecule has 5 heteroatoms. The van der Waals surface area contributed by atoms with E-state index < -0.39 is 0 Å². The molecule has 1 aromatic heterocycles. The van der Waals surface area contributed by atoms with E-state index in [1.165, 1.54) is 6.42 Å². The second-order valence-corrected chi connectivity index (χ2v) is 5.82. The van der Waals surface area contributed by atoms with Crippen LogP contribution in [-0.4, -0.2) is 47.1 Å². The number of nitrogens with one attached hydrogen (secondary N) is 2. The molecule has 2 N–H and O–H groups in total. The Bertz CT molecular complexity index is 460. The molecule has 112 valence electrons.